The van der Waals surface area contributed by atoms with Crippen LogP contribution in [-0.4, -0.2) is 24.0 Å². The number of nitriles is 2. The molecule has 1 saturated heterocycles. The van der Waals surface area contributed by atoms with Gasteiger partial charge in [-0.2, -0.15) is 10.5 Å². The number of hydrogen-bond donors (Lipinski definition) is 1. The largest absolute Gasteiger partial charge is 0.369 e. The molecule has 2 rings (SSSR count). The van der Waals surface area contributed by atoms with E-state index in [4.69, 9.17) is 17.3 Å². The molecule has 0 aromatic carbocycles. The Bertz CT molecular complexity index is 681. The van der Waals surface area contributed by atoms with Gasteiger partial charge in [0.05, 0.1) is 11.1 Å². The number of pyridine rings is 1. The normalized spacial score (nSPS) is 15.2. The number of aromatic nitrogens is 1. The van der Waals surface area contributed by atoms with Crippen molar-refractivity contribution < 1.29 is 4.79 Å². The van der Waals surface area contributed by atoms with Gasteiger partial charge in [0.15, 0.2) is 0 Å². The van der Waals surface area contributed by atoms with Gasteiger partial charge in [0.25, 0.3) is 0 Å². The minimum absolute atomic E-state index is 0.116. The Labute approximate surface area is 134 Å². The average Bonchev–Trinajstić information content (AvgIpc) is 2.53. The molecule has 1 amide bonds. The second-order valence-corrected chi connectivity index (χ2v) is 5.55. The number of carbonyl (C=O) groups is 1. The molecular weight excluding hydrogens is 302 g/mol. The summed E-state index contributed by atoms with van der Waals surface area (Å²) in [7, 11) is 0. The molecule has 0 unspecified atom stereocenters. The van der Waals surface area contributed by atoms with Crippen molar-refractivity contribution in [2.75, 3.05) is 18.0 Å². The highest BCUT2D eigenvalue weighted by atomic mass is 35.5. The zero-order valence-corrected chi connectivity index (χ0v) is 13.0. The van der Waals surface area contributed by atoms with E-state index in [1.165, 1.54) is 0 Å². The van der Waals surface area contributed by atoms with Gasteiger partial charge in [0, 0.05) is 19.0 Å². The van der Waals surface area contributed by atoms with Crippen molar-refractivity contribution >= 4 is 23.3 Å². The standard InChI is InChI=1S/C15H16ClN5O/c1-2-10-11(7-17)13(16)20-15(12(10)8-18)21-5-3-9(4-6-21)14(19)22/h9H,2-6H2,1H3,(H2,19,22). The Hall–Kier alpha value is -2.31. The molecule has 2 heterocycles. The van der Waals surface area contributed by atoms with E-state index < -0.39 is 0 Å². The smallest absolute Gasteiger partial charge is 0.220 e. The molecule has 22 heavy (non-hydrogen) atoms. The zero-order chi connectivity index (χ0) is 16.3. The SMILES string of the molecule is CCc1c(C#N)c(Cl)nc(N2CCC(C(N)=O)CC2)c1C#N. The molecule has 1 aromatic rings. The summed E-state index contributed by atoms with van der Waals surface area (Å²) in [6.07, 6.45) is 1.78. The Morgan fingerprint density at radius 3 is 2.41 bits per heavy atom. The summed E-state index contributed by atoms with van der Waals surface area (Å²) in [5.74, 6) is 0.0628. The lowest BCUT2D eigenvalue weighted by atomic mass is 9.95. The average molecular weight is 318 g/mol. The van der Waals surface area contributed by atoms with Crippen LogP contribution in [0.2, 0.25) is 5.15 Å². The molecule has 0 atom stereocenters. The number of amides is 1. The molecule has 1 fully saturated rings. The Kier molecular flexibility index (Phi) is 4.85. The highest BCUT2D eigenvalue weighted by Crippen LogP contribution is 2.31. The summed E-state index contributed by atoms with van der Waals surface area (Å²) < 4.78 is 0. The number of halogens is 1. The van der Waals surface area contributed by atoms with Gasteiger partial charge in [-0.3, -0.25) is 4.79 Å². The van der Waals surface area contributed by atoms with Gasteiger partial charge in [-0.25, -0.2) is 4.98 Å². The minimum Gasteiger partial charge on any atom is -0.369 e. The van der Waals surface area contributed by atoms with Gasteiger partial charge in [0.2, 0.25) is 5.91 Å². The van der Waals surface area contributed by atoms with Crippen molar-refractivity contribution in [2.45, 2.75) is 26.2 Å². The van der Waals surface area contributed by atoms with Gasteiger partial charge < -0.3 is 10.6 Å². The highest BCUT2D eigenvalue weighted by molar-refractivity contribution is 6.30. The van der Waals surface area contributed by atoms with Crippen molar-refractivity contribution in [2.24, 2.45) is 11.7 Å². The Balaban J connectivity index is 2.41. The van der Waals surface area contributed by atoms with Gasteiger partial charge in [-0.1, -0.05) is 18.5 Å². The van der Waals surface area contributed by atoms with Crippen molar-refractivity contribution in [3.05, 3.63) is 21.8 Å². The lowest BCUT2D eigenvalue weighted by Crippen LogP contribution is -2.39. The Morgan fingerprint density at radius 1 is 1.36 bits per heavy atom. The van der Waals surface area contributed by atoms with Crippen LogP contribution in [0.25, 0.3) is 0 Å². The summed E-state index contributed by atoms with van der Waals surface area (Å²) in [5, 5.41) is 18.8. The first-order valence-electron chi connectivity index (χ1n) is 7.10. The summed E-state index contributed by atoms with van der Waals surface area (Å²) in [4.78, 5) is 17.4. The van der Waals surface area contributed by atoms with E-state index in [1.807, 2.05) is 17.9 Å². The monoisotopic (exact) mass is 317 g/mol. The molecule has 0 bridgehead atoms. The highest BCUT2D eigenvalue weighted by Gasteiger charge is 2.27. The fourth-order valence-electron chi connectivity index (χ4n) is 2.78. The van der Waals surface area contributed by atoms with Crippen molar-refractivity contribution in [3.63, 3.8) is 0 Å². The van der Waals surface area contributed by atoms with Crippen LogP contribution in [0.4, 0.5) is 5.82 Å². The third-order valence-electron chi connectivity index (χ3n) is 4.01. The van der Waals surface area contributed by atoms with E-state index in [2.05, 4.69) is 11.1 Å². The number of nitrogens with zero attached hydrogens (tertiary/aromatic N) is 4. The van der Waals surface area contributed by atoms with Crippen LogP contribution < -0.4 is 10.6 Å². The molecule has 6 nitrogen and oxygen atoms in total. The van der Waals surface area contributed by atoms with Crippen LogP contribution >= 0.6 is 11.6 Å². The van der Waals surface area contributed by atoms with Gasteiger partial charge in [0.1, 0.15) is 23.1 Å². The van der Waals surface area contributed by atoms with Gasteiger partial charge in [-0.15, -0.1) is 0 Å². The van der Waals surface area contributed by atoms with Crippen LogP contribution in [0, 0.1) is 28.6 Å². The molecule has 1 aliphatic rings. The summed E-state index contributed by atoms with van der Waals surface area (Å²) >= 11 is 6.10. The van der Waals surface area contributed by atoms with Crippen LogP contribution in [0.15, 0.2) is 0 Å². The van der Waals surface area contributed by atoms with E-state index in [0.29, 0.717) is 49.3 Å². The molecular formula is C15H16ClN5O. The van der Waals surface area contributed by atoms with E-state index in [1.54, 1.807) is 0 Å². The van der Waals surface area contributed by atoms with E-state index in [0.717, 1.165) is 0 Å². The molecule has 0 radical (unpaired) electrons. The maximum absolute atomic E-state index is 11.2. The first kappa shape index (κ1) is 16.1. The first-order chi connectivity index (χ1) is 10.5. The lowest BCUT2D eigenvalue weighted by molar-refractivity contribution is -0.122. The Morgan fingerprint density at radius 2 is 1.95 bits per heavy atom. The molecule has 1 aromatic heterocycles. The molecule has 0 spiro atoms. The molecule has 7 heteroatoms. The molecule has 2 N–H and O–H groups in total. The predicted octanol–water partition coefficient (Wildman–Crippen LogP) is 1.74. The summed E-state index contributed by atoms with van der Waals surface area (Å²) in [5.41, 5.74) is 6.61. The fraction of sp³-hybridized carbons (Fsp3) is 0.467. The van der Waals surface area contributed by atoms with Crippen molar-refractivity contribution in [3.8, 4) is 12.1 Å². The maximum Gasteiger partial charge on any atom is 0.220 e. The van der Waals surface area contributed by atoms with Crippen LogP contribution in [0.1, 0.15) is 36.5 Å². The zero-order valence-electron chi connectivity index (χ0n) is 12.3. The number of nitrogens with two attached hydrogens (primary N) is 1. The van der Waals surface area contributed by atoms with Crippen LogP contribution in [0.3, 0.4) is 0 Å². The number of hydrogen-bond acceptors (Lipinski definition) is 5. The van der Waals surface area contributed by atoms with E-state index in [9.17, 15) is 15.3 Å². The number of rotatable bonds is 3. The number of primary amides is 1. The third kappa shape index (κ3) is 2.84. The van der Waals surface area contributed by atoms with E-state index >= 15 is 0 Å². The van der Waals surface area contributed by atoms with Gasteiger partial charge >= 0.3 is 0 Å². The van der Waals surface area contributed by atoms with Gasteiger partial charge in [-0.05, 0) is 24.8 Å². The molecule has 0 saturated carbocycles. The maximum atomic E-state index is 11.2. The predicted molar refractivity (Wildman–Crippen MR) is 82.2 cm³/mol. The number of carbonyl (C=O) groups excluding carboxylic acids is 1. The summed E-state index contributed by atoms with van der Waals surface area (Å²) in [6.45, 7) is 3.04. The van der Waals surface area contributed by atoms with E-state index in [-0.39, 0.29) is 22.5 Å². The van der Waals surface area contributed by atoms with Crippen molar-refractivity contribution in [1.29, 1.82) is 10.5 Å². The second-order valence-electron chi connectivity index (χ2n) is 5.20. The van der Waals surface area contributed by atoms with Crippen LogP contribution in [0.5, 0.6) is 0 Å². The van der Waals surface area contributed by atoms with Crippen molar-refractivity contribution in [1.82, 2.24) is 4.98 Å². The second kappa shape index (κ2) is 6.64. The number of piperidine rings is 1. The molecule has 0 aliphatic carbocycles. The van der Waals surface area contributed by atoms with Crippen LogP contribution in [-0.2, 0) is 11.2 Å². The lowest BCUT2D eigenvalue weighted by Gasteiger charge is -2.32. The number of anilines is 1. The summed E-state index contributed by atoms with van der Waals surface area (Å²) in [6, 6.07) is 4.16. The first-order valence-corrected chi connectivity index (χ1v) is 7.48. The minimum atomic E-state index is -0.291. The quantitative estimate of drug-likeness (QED) is 0.854. The molecule has 114 valence electrons. The topological polar surface area (TPSA) is 107 Å². The molecule has 1 aliphatic heterocycles. The fourth-order valence-corrected chi connectivity index (χ4v) is 3.01. The third-order valence-corrected chi connectivity index (χ3v) is 4.29.